The molecule has 1 N–H and O–H groups in total. The Balaban J connectivity index is 1.98. The fourth-order valence-corrected chi connectivity index (χ4v) is 3.41. The number of rotatable bonds is 2. The third-order valence-corrected chi connectivity index (χ3v) is 4.43. The summed E-state index contributed by atoms with van der Waals surface area (Å²) in [6.45, 7) is 0.0374. The van der Waals surface area contributed by atoms with Gasteiger partial charge in [0.1, 0.15) is 17.7 Å². The van der Waals surface area contributed by atoms with Crippen LogP contribution < -0.4 is 0 Å². The molecule has 0 spiro atoms. The molecule has 0 radical (unpaired) electrons. The van der Waals surface area contributed by atoms with Crippen LogP contribution in [0.5, 0.6) is 0 Å². The zero-order valence-electron chi connectivity index (χ0n) is 11.2. The standard InChI is InChI=1S/C14H13F2NO4/c1-21-12(18)11-10-5-14(10,6-17(11)13(19)20)7-2-8(15)4-9(16)3-7/h2-4,10-11H,5-6H2,1H3,(H,19,20). The number of hydrogen-bond donors (Lipinski definition) is 1. The number of nitrogens with zero attached hydrogens (tertiary/aromatic N) is 1. The summed E-state index contributed by atoms with van der Waals surface area (Å²) in [7, 11) is 1.19. The van der Waals surface area contributed by atoms with Crippen LogP contribution in [0.3, 0.4) is 0 Å². The molecule has 1 aromatic carbocycles. The summed E-state index contributed by atoms with van der Waals surface area (Å²) >= 11 is 0. The van der Waals surface area contributed by atoms with Crippen LogP contribution in [0, 0.1) is 17.6 Å². The van der Waals surface area contributed by atoms with E-state index in [1.165, 1.54) is 19.2 Å². The number of fused-ring (bicyclic) bond motifs is 1. The largest absolute Gasteiger partial charge is 0.467 e. The van der Waals surface area contributed by atoms with Crippen molar-refractivity contribution in [3.63, 3.8) is 0 Å². The monoisotopic (exact) mass is 297 g/mol. The predicted octanol–water partition coefficient (Wildman–Crippen LogP) is 1.76. The molecule has 2 fully saturated rings. The topological polar surface area (TPSA) is 66.8 Å². The van der Waals surface area contributed by atoms with Gasteiger partial charge in [0.2, 0.25) is 0 Å². The van der Waals surface area contributed by atoms with E-state index in [4.69, 9.17) is 0 Å². The molecule has 1 heterocycles. The first kappa shape index (κ1) is 13.8. The summed E-state index contributed by atoms with van der Waals surface area (Å²) in [5.41, 5.74) is -0.303. The minimum absolute atomic E-state index is 0.0374. The molecule has 112 valence electrons. The number of hydrogen-bond acceptors (Lipinski definition) is 3. The van der Waals surface area contributed by atoms with Crippen LogP contribution in [-0.4, -0.2) is 41.8 Å². The fourth-order valence-electron chi connectivity index (χ4n) is 3.41. The quantitative estimate of drug-likeness (QED) is 0.845. The molecule has 1 aliphatic heterocycles. The lowest BCUT2D eigenvalue weighted by Gasteiger charge is -2.23. The third kappa shape index (κ3) is 1.95. The molecule has 5 nitrogen and oxygen atoms in total. The van der Waals surface area contributed by atoms with Gasteiger partial charge < -0.3 is 9.84 Å². The van der Waals surface area contributed by atoms with Gasteiger partial charge in [-0.2, -0.15) is 0 Å². The van der Waals surface area contributed by atoms with Crippen molar-refractivity contribution in [2.45, 2.75) is 17.9 Å². The second-order valence-electron chi connectivity index (χ2n) is 5.50. The van der Waals surface area contributed by atoms with E-state index < -0.39 is 35.2 Å². The number of piperidine rings is 1. The Labute approximate surface area is 119 Å². The van der Waals surface area contributed by atoms with Crippen molar-refractivity contribution in [1.29, 1.82) is 0 Å². The van der Waals surface area contributed by atoms with Crippen molar-refractivity contribution in [3.8, 4) is 0 Å². The van der Waals surface area contributed by atoms with Crippen molar-refractivity contribution in [3.05, 3.63) is 35.4 Å². The number of carboxylic acid groups (broad SMARTS) is 1. The molecule has 3 rings (SSSR count). The van der Waals surface area contributed by atoms with Gasteiger partial charge in [-0.05, 0) is 24.1 Å². The van der Waals surface area contributed by atoms with E-state index in [1.54, 1.807) is 0 Å². The minimum Gasteiger partial charge on any atom is -0.467 e. The summed E-state index contributed by atoms with van der Waals surface area (Å²) in [6, 6.07) is 2.24. The van der Waals surface area contributed by atoms with Crippen LogP contribution in [0.15, 0.2) is 18.2 Å². The Bertz CT molecular complexity index is 615. The van der Waals surface area contributed by atoms with Gasteiger partial charge in [-0.3, -0.25) is 4.90 Å². The van der Waals surface area contributed by atoms with E-state index in [1.807, 2.05) is 0 Å². The molecule has 21 heavy (non-hydrogen) atoms. The number of carbonyl (C=O) groups is 2. The van der Waals surface area contributed by atoms with Gasteiger partial charge in [0.25, 0.3) is 0 Å². The SMILES string of the molecule is COC(=O)C1C2CC2(c2cc(F)cc(F)c2)CN1C(=O)O. The van der Waals surface area contributed by atoms with Crippen molar-refractivity contribution in [1.82, 2.24) is 4.90 Å². The summed E-state index contributed by atoms with van der Waals surface area (Å²) in [5.74, 6) is -2.37. The number of carbonyl (C=O) groups excluding carboxylic acids is 1. The molecule has 1 saturated heterocycles. The van der Waals surface area contributed by atoms with Gasteiger partial charge >= 0.3 is 12.1 Å². The Morgan fingerprint density at radius 2 is 1.95 bits per heavy atom. The number of likely N-dealkylation sites (tertiary alicyclic amines) is 1. The summed E-state index contributed by atoms with van der Waals surface area (Å²) in [4.78, 5) is 24.1. The number of esters is 1. The second-order valence-corrected chi connectivity index (χ2v) is 5.50. The van der Waals surface area contributed by atoms with Crippen LogP contribution in [-0.2, 0) is 14.9 Å². The van der Waals surface area contributed by atoms with Crippen LogP contribution in [0.1, 0.15) is 12.0 Å². The van der Waals surface area contributed by atoms with Crippen molar-refractivity contribution in [2.75, 3.05) is 13.7 Å². The van der Waals surface area contributed by atoms with Crippen LogP contribution in [0.25, 0.3) is 0 Å². The molecular formula is C14H13F2NO4. The first-order valence-electron chi connectivity index (χ1n) is 6.43. The number of methoxy groups -OCH3 is 1. The maximum atomic E-state index is 13.4. The number of benzene rings is 1. The average molecular weight is 297 g/mol. The minimum atomic E-state index is -1.24. The Morgan fingerprint density at radius 3 is 2.48 bits per heavy atom. The molecule has 0 aromatic heterocycles. The van der Waals surface area contributed by atoms with Crippen molar-refractivity contribution in [2.24, 2.45) is 5.92 Å². The molecule has 1 saturated carbocycles. The number of ether oxygens (including phenoxy) is 1. The zero-order valence-corrected chi connectivity index (χ0v) is 11.2. The smallest absolute Gasteiger partial charge is 0.408 e. The fraction of sp³-hybridized carbons (Fsp3) is 0.429. The van der Waals surface area contributed by atoms with E-state index in [9.17, 15) is 23.5 Å². The number of halogens is 2. The molecular weight excluding hydrogens is 284 g/mol. The lowest BCUT2D eigenvalue weighted by atomic mass is 9.94. The number of amides is 1. The maximum absolute atomic E-state index is 13.4. The predicted molar refractivity (Wildman–Crippen MR) is 66.7 cm³/mol. The third-order valence-electron chi connectivity index (χ3n) is 4.43. The Hall–Kier alpha value is -2.18. The van der Waals surface area contributed by atoms with Crippen molar-refractivity contribution < 1.29 is 28.2 Å². The highest BCUT2D eigenvalue weighted by Crippen LogP contribution is 2.62. The van der Waals surface area contributed by atoms with Gasteiger partial charge in [-0.1, -0.05) is 0 Å². The van der Waals surface area contributed by atoms with Gasteiger partial charge in [0, 0.05) is 23.9 Å². The van der Waals surface area contributed by atoms with E-state index in [0.717, 1.165) is 11.0 Å². The maximum Gasteiger partial charge on any atom is 0.408 e. The van der Waals surface area contributed by atoms with Crippen molar-refractivity contribution >= 4 is 12.1 Å². The van der Waals surface area contributed by atoms with E-state index >= 15 is 0 Å². The molecule has 2 aliphatic rings. The van der Waals surface area contributed by atoms with Crippen LogP contribution >= 0.6 is 0 Å². The highest BCUT2D eigenvalue weighted by molar-refractivity contribution is 5.84. The lowest BCUT2D eigenvalue weighted by Crippen LogP contribution is -2.43. The van der Waals surface area contributed by atoms with Gasteiger partial charge in [0.05, 0.1) is 7.11 Å². The summed E-state index contributed by atoms with van der Waals surface area (Å²) in [6.07, 6.45) is -0.728. The first-order chi connectivity index (χ1) is 9.89. The van der Waals surface area contributed by atoms with E-state index in [0.29, 0.717) is 12.0 Å². The van der Waals surface area contributed by atoms with Crippen LogP contribution in [0.2, 0.25) is 0 Å². The zero-order chi connectivity index (χ0) is 15.4. The van der Waals surface area contributed by atoms with E-state index in [2.05, 4.69) is 4.74 Å². The summed E-state index contributed by atoms with van der Waals surface area (Å²) < 4.78 is 31.4. The highest BCUT2D eigenvalue weighted by atomic mass is 19.1. The van der Waals surface area contributed by atoms with Gasteiger partial charge in [-0.15, -0.1) is 0 Å². The van der Waals surface area contributed by atoms with Gasteiger partial charge in [-0.25, -0.2) is 18.4 Å². The molecule has 7 heteroatoms. The van der Waals surface area contributed by atoms with Gasteiger partial charge in [0.15, 0.2) is 0 Å². The Morgan fingerprint density at radius 1 is 1.33 bits per heavy atom. The second kappa shape index (κ2) is 4.41. The molecule has 3 unspecified atom stereocenters. The molecule has 3 atom stereocenters. The van der Waals surface area contributed by atoms with Crippen LogP contribution in [0.4, 0.5) is 13.6 Å². The highest BCUT2D eigenvalue weighted by Gasteiger charge is 2.69. The molecule has 1 amide bonds. The lowest BCUT2D eigenvalue weighted by molar-refractivity contribution is -0.146. The average Bonchev–Trinajstić information content (AvgIpc) is 3.03. The molecule has 1 aliphatic carbocycles. The first-order valence-corrected chi connectivity index (χ1v) is 6.43. The normalized spacial score (nSPS) is 30.0. The molecule has 0 bridgehead atoms. The van der Waals surface area contributed by atoms with E-state index in [-0.39, 0.29) is 12.5 Å². The Kier molecular flexibility index (Phi) is 2.89. The molecule has 1 aromatic rings. The summed E-state index contributed by atoms with van der Waals surface area (Å²) in [5, 5.41) is 9.21.